The topological polar surface area (TPSA) is 138 Å². The van der Waals surface area contributed by atoms with Crippen LogP contribution in [0.2, 0.25) is 0 Å². The van der Waals surface area contributed by atoms with E-state index in [1.807, 2.05) is 6.07 Å². The lowest BCUT2D eigenvalue weighted by molar-refractivity contribution is -0.205. The maximum absolute atomic E-state index is 12.3. The first kappa shape index (κ1) is 20.8. The zero-order chi connectivity index (χ0) is 20.5. The van der Waals surface area contributed by atoms with Crippen molar-refractivity contribution in [1.82, 2.24) is 5.32 Å². The second kappa shape index (κ2) is 8.72. The second-order valence-corrected chi connectivity index (χ2v) is 9.32. The number of carbonyl (C=O) groups excluding carboxylic acids is 1. The third kappa shape index (κ3) is 4.36. The van der Waals surface area contributed by atoms with Gasteiger partial charge in [0.15, 0.2) is 11.5 Å². The van der Waals surface area contributed by atoms with Crippen molar-refractivity contribution in [2.45, 2.75) is 34.6 Å². The van der Waals surface area contributed by atoms with Crippen molar-refractivity contribution in [3.8, 4) is 11.5 Å². The summed E-state index contributed by atoms with van der Waals surface area (Å²) in [6.45, 7) is 0.476. The highest BCUT2D eigenvalue weighted by atomic mass is 32.2. The quantitative estimate of drug-likeness (QED) is 0.387. The zero-order valence-corrected chi connectivity index (χ0v) is 16.8. The first-order chi connectivity index (χ1) is 14.0. The van der Waals surface area contributed by atoms with Crippen LogP contribution in [0, 0.1) is 0 Å². The molecule has 5 N–H and O–H groups in total. The van der Waals surface area contributed by atoms with E-state index in [2.05, 4.69) is 5.32 Å². The Morgan fingerprint density at radius 2 is 1.90 bits per heavy atom. The van der Waals surface area contributed by atoms with Crippen LogP contribution in [0.3, 0.4) is 0 Å². The lowest BCUT2D eigenvalue weighted by Crippen LogP contribution is -2.57. The van der Waals surface area contributed by atoms with Gasteiger partial charge < -0.3 is 40.0 Å². The monoisotopic (exact) mass is 443 g/mol. The molecule has 2 saturated heterocycles. The Labute approximate surface area is 175 Å². The van der Waals surface area contributed by atoms with Crippen LogP contribution in [0.4, 0.5) is 0 Å². The predicted octanol–water partition coefficient (Wildman–Crippen LogP) is -0.522. The van der Waals surface area contributed by atoms with E-state index in [0.717, 1.165) is 17.3 Å². The smallest absolute Gasteiger partial charge is 0.259 e. The van der Waals surface area contributed by atoms with E-state index in [0.29, 0.717) is 29.6 Å². The molecule has 0 aromatic heterocycles. The van der Waals surface area contributed by atoms with Crippen LogP contribution in [0.5, 0.6) is 11.5 Å². The first-order valence-corrected chi connectivity index (χ1v) is 10.8. The van der Waals surface area contributed by atoms with Gasteiger partial charge in [-0.3, -0.25) is 4.79 Å². The molecular weight excluding hydrogens is 422 g/mol. The minimum Gasteiger partial charge on any atom is -0.486 e. The molecule has 3 aliphatic rings. The highest BCUT2D eigenvalue weighted by Gasteiger charge is 2.45. The number of hydrogen-bond donors (Lipinski definition) is 5. The molecule has 0 radical (unpaired) electrons. The average Bonchev–Trinajstić information content (AvgIpc) is 3.07. The number of aliphatic hydroxyl groups is 4. The summed E-state index contributed by atoms with van der Waals surface area (Å²) in [5.74, 6) is 1.02. The first-order valence-electron chi connectivity index (χ1n) is 9.01. The minimum absolute atomic E-state index is 0.271. The van der Waals surface area contributed by atoms with E-state index in [1.165, 1.54) is 11.8 Å². The molecule has 0 aliphatic carbocycles. The molecule has 6 atom stereocenters. The molecule has 0 spiro atoms. The summed E-state index contributed by atoms with van der Waals surface area (Å²) in [4.78, 5) is 12.8. The van der Waals surface area contributed by atoms with Crippen LogP contribution in [0.1, 0.15) is 5.56 Å². The number of carbonyl (C=O) groups is 1. The van der Waals surface area contributed by atoms with E-state index in [-0.39, 0.29) is 5.91 Å². The van der Waals surface area contributed by atoms with E-state index in [1.54, 1.807) is 18.2 Å². The van der Waals surface area contributed by atoms with Crippen molar-refractivity contribution < 1.29 is 39.4 Å². The Balaban J connectivity index is 1.43. The molecule has 11 heteroatoms. The lowest BCUT2D eigenvalue weighted by Gasteiger charge is -2.40. The highest BCUT2D eigenvalue weighted by molar-refractivity contribution is 8.19. The number of fused-ring (bicyclic) bond motifs is 1. The fraction of sp³-hybridized carbons (Fsp3) is 0.500. The second-order valence-electron chi connectivity index (χ2n) is 6.67. The molecule has 0 saturated carbocycles. The highest BCUT2D eigenvalue weighted by Crippen LogP contribution is 2.41. The number of thioether (sulfide) groups is 2. The number of amides is 1. The molecule has 3 heterocycles. The van der Waals surface area contributed by atoms with Gasteiger partial charge in [-0.15, -0.1) is 0 Å². The van der Waals surface area contributed by atoms with Crippen molar-refractivity contribution in [3.63, 3.8) is 0 Å². The number of aliphatic hydroxyl groups excluding tert-OH is 4. The fourth-order valence-corrected chi connectivity index (χ4v) is 5.72. The van der Waals surface area contributed by atoms with Crippen LogP contribution in [0.25, 0.3) is 6.08 Å². The third-order valence-electron chi connectivity index (χ3n) is 4.68. The van der Waals surface area contributed by atoms with Crippen molar-refractivity contribution in [1.29, 1.82) is 0 Å². The van der Waals surface area contributed by atoms with Gasteiger partial charge in [0.05, 0.1) is 11.5 Å². The van der Waals surface area contributed by atoms with Gasteiger partial charge in [-0.25, -0.2) is 0 Å². The molecule has 158 valence electrons. The Bertz CT molecular complexity index is 804. The molecule has 2 fully saturated rings. The van der Waals surface area contributed by atoms with Gasteiger partial charge in [0, 0.05) is 0 Å². The summed E-state index contributed by atoms with van der Waals surface area (Å²) < 4.78 is 16.1. The summed E-state index contributed by atoms with van der Waals surface area (Å²) in [6, 6.07) is 5.42. The van der Waals surface area contributed by atoms with Gasteiger partial charge in [0.1, 0.15) is 47.8 Å². The van der Waals surface area contributed by atoms with Gasteiger partial charge in [-0.1, -0.05) is 29.6 Å². The Kier molecular flexibility index (Phi) is 6.25. The van der Waals surface area contributed by atoms with Crippen molar-refractivity contribution in [2.75, 3.05) is 19.8 Å². The Morgan fingerprint density at radius 3 is 2.66 bits per heavy atom. The summed E-state index contributed by atoms with van der Waals surface area (Å²) in [7, 11) is 0. The molecule has 4 rings (SSSR count). The number of rotatable bonds is 4. The molecule has 1 aromatic carbocycles. The Morgan fingerprint density at radius 1 is 1.14 bits per heavy atom. The van der Waals surface area contributed by atoms with Crippen LogP contribution >= 0.6 is 23.5 Å². The van der Waals surface area contributed by atoms with Crippen molar-refractivity contribution in [2.24, 2.45) is 0 Å². The van der Waals surface area contributed by atoms with Crippen molar-refractivity contribution in [3.05, 3.63) is 28.7 Å². The van der Waals surface area contributed by atoms with E-state index >= 15 is 0 Å². The van der Waals surface area contributed by atoms with Gasteiger partial charge >= 0.3 is 0 Å². The SMILES string of the molecule is O=C1NC(S[C@@H]2O[C@H](CO)[C@H](O)[C@H](O)[C@H]2O)S/C1=C\c1ccc2c(c1)OCCO2. The van der Waals surface area contributed by atoms with Crippen LogP contribution < -0.4 is 14.8 Å². The maximum Gasteiger partial charge on any atom is 0.259 e. The zero-order valence-electron chi connectivity index (χ0n) is 15.1. The Hall–Kier alpha value is -1.47. The fourth-order valence-electron chi connectivity index (χ4n) is 3.14. The minimum atomic E-state index is -1.45. The summed E-state index contributed by atoms with van der Waals surface area (Å²) in [5.41, 5.74) is -0.137. The molecule has 1 amide bonds. The van der Waals surface area contributed by atoms with Crippen LogP contribution in [-0.2, 0) is 9.53 Å². The maximum atomic E-state index is 12.3. The lowest BCUT2D eigenvalue weighted by atomic mass is 10.0. The molecule has 1 aromatic rings. The standard InChI is InChI=1S/C18H21NO8S2/c20-7-11-13(21)14(22)15(23)17(27-11)29-18-19-16(24)12(28-18)6-8-1-2-9-10(5-8)26-4-3-25-9/h1-2,5-6,11,13-15,17-18,20-23H,3-4,7H2,(H,19,24)/b12-6-/t11-,13+,14+,15-,17+,18?/m1/s1. The molecule has 0 bridgehead atoms. The normalized spacial score (nSPS) is 35.6. The number of hydrogen-bond acceptors (Lipinski definition) is 10. The van der Waals surface area contributed by atoms with Crippen LogP contribution in [0.15, 0.2) is 23.1 Å². The van der Waals surface area contributed by atoms with Crippen molar-refractivity contribution >= 4 is 35.5 Å². The summed E-state index contributed by atoms with van der Waals surface area (Å²) >= 11 is 2.34. The number of benzene rings is 1. The molecule has 9 nitrogen and oxygen atoms in total. The van der Waals surface area contributed by atoms with Crippen LogP contribution in [-0.4, -0.2) is 80.7 Å². The molecular formula is C18H21NO8S2. The van der Waals surface area contributed by atoms with Gasteiger partial charge in [-0.05, 0) is 23.8 Å². The predicted molar refractivity (Wildman–Crippen MR) is 106 cm³/mol. The van der Waals surface area contributed by atoms with Gasteiger partial charge in [-0.2, -0.15) is 0 Å². The molecule has 3 aliphatic heterocycles. The average molecular weight is 443 g/mol. The number of ether oxygens (including phenoxy) is 3. The molecule has 29 heavy (non-hydrogen) atoms. The van der Waals surface area contributed by atoms with Gasteiger partial charge in [0.2, 0.25) is 0 Å². The number of nitrogens with one attached hydrogen (secondary N) is 1. The summed E-state index contributed by atoms with van der Waals surface area (Å²) in [5, 5.41) is 42.0. The van der Waals surface area contributed by atoms with Gasteiger partial charge in [0.25, 0.3) is 5.91 Å². The molecule has 1 unspecified atom stereocenters. The third-order valence-corrected chi connectivity index (χ3v) is 7.21. The van der Waals surface area contributed by atoms with E-state index in [9.17, 15) is 25.2 Å². The largest absolute Gasteiger partial charge is 0.486 e. The van der Waals surface area contributed by atoms with E-state index in [4.69, 9.17) is 14.2 Å². The summed E-state index contributed by atoms with van der Waals surface area (Å²) in [6.07, 6.45) is -3.48. The van der Waals surface area contributed by atoms with E-state index < -0.39 is 41.2 Å².